The lowest BCUT2D eigenvalue weighted by Crippen LogP contribution is -2.32. The van der Waals surface area contributed by atoms with Gasteiger partial charge in [0.2, 0.25) is 0 Å². The number of nitrogens with two attached hydrogens (primary N) is 1. The van der Waals surface area contributed by atoms with E-state index in [1.54, 1.807) is 7.11 Å². The first-order valence-corrected chi connectivity index (χ1v) is 4.76. The van der Waals surface area contributed by atoms with E-state index in [0.29, 0.717) is 11.3 Å². The van der Waals surface area contributed by atoms with Crippen LogP contribution in [-0.4, -0.2) is 20.3 Å². The Bertz CT molecular complexity index is 114. The van der Waals surface area contributed by atoms with Crippen molar-refractivity contribution in [2.24, 2.45) is 17.1 Å². The van der Waals surface area contributed by atoms with E-state index in [-0.39, 0.29) is 0 Å². The largest absolute Gasteiger partial charge is 0.385 e. The summed E-state index contributed by atoms with van der Waals surface area (Å²) >= 11 is 0. The molecule has 0 radical (unpaired) electrons. The van der Waals surface area contributed by atoms with Crippen LogP contribution < -0.4 is 5.73 Å². The Kier molecular flexibility index (Phi) is 5.51. The van der Waals surface area contributed by atoms with E-state index in [9.17, 15) is 0 Å². The minimum atomic E-state index is 0.290. The first-order valence-electron chi connectivity index (χ1n) is 4.76. The molecule has 0 aliphatic heterocycles. The molecular formula is C10H23NO. The summed E-state index contributed by atoms with van der Waals surface area (Å²) in [6.07, 6.45) is 2.28. The van der Waals surface area contributed by atoms with Crippen LogP contribution in [-0.2, 0) is 4.74 Å². The summed E-state index contributed by atoms with van der Waals surface area (Å²) in [6, 6.07) is 0. The summed E-state index contributed by atoms with van der Waals surface area (Å²) in [5.41, 5.74) is 6.04. The van der Waals surface area contributed by atoms with Crippen LogP contribution in [0.3, 0.4) is 0 Å². The Balaban J connectivity index is 3.80. The summed E-state index contributed by atoms with van der Waals surface area (Å²) in [5.74, 6) is 0.652. The number of hydrogen-bond acceptors (Lipinski definition) is 2. The Hall–Kier alpha value is -0.0800. The summed E-state index contributed by atoms with van der Waals surface area (Å²) in [5, 5.41) is 0. The number of ether oxygens (including phenoxy) is 1. The molecule has 0 spiro atoms. The lowest BCUT2D eigenvalue weighted by atomic mass is 9.76. The molecule has 2 N–H and O–H groups in total. The van der Waals surface area contributed by atoms with Crippen LogP contribution in [0.15, 0.2) is 0 Å². The smallest absolute Gasteiger partial charge is 0.0462 e. The quantitative estimate of drug-likeness (QED) is 0.624. The van der Waals surface area contributed by atoms with Crippen LogP contribution in [0.2, 0.25) is 0 Å². The Morgan fingerprint density at radius 3 is 2.33 bits per heavy atom. The molecule has 0 amide bonds. The molecule has 74 valence electrons. The van der Waals surface area contributed by atoms with Crippen LogP contribution in [0, 0.1) is 11.3 Å². The number of rotatable bonds is 6. The average Bonchev–Trinajstić information content (AvgIpc) is 2.04. The fraction of sp³-hybridized carbons (Fsp3) is 1.00. The standard InChI is InChI=1S/C10H23NO/c1-9(2)10(3,8-11)6-5-7-12-4/h9H,5-8,11H2,1-4H3. The van der Waals surface area contributed by atoms with Crippen molar-refractivity contribution in [3.8, 4) is 0 Å². The summed E-state index contributed by atoms with van der Waals surface area (Å²) in [4.78, 5) is 0. The minimum absolute atomic E-state index is 0.290. The maximum atomic E-state index is 5.75. The highest BCUT2D eigenvalue weighted by Crippen LogP contribution is 2.30. The van der Waals surface area contributed by atoms with E-state index in [4.69, 9.17) is 10.5 Å². The van der Waals surface area contributed by atoms with E-state index in [0.717, 1.165) is 26.0 Å². The van der Waals surface area contributed by atoms with Crippen LogP contribution >= 0.6 is 0 Å². The maximum Gasteiger partial charge on any atom is 0.0462 e. The van der Waals surface area contributed by atoms with Gasteiger partial charge in [0.1, 0.15) is 0 Å². The average molecular weight is 173 g/mol. The molecule has 1 unspecified atom stereocenters. The third kappa shape index (κ3) is 3.55. The van der Waals surface area contributed by atoms with Gasteiger partial charge in [0.25, 0.3) is 0 Å². The molecule has 0 rings (SSSR count). The molecule has 0 fully saturated rings. The van der Waals surface area contributed by atoms with Gasteiger partial charge in [-0.15, -0.1) is 0 Å². The van der Waals surface area contributed by atoms with Crippen molar-refractivity contribution >= 4 is 0 Å². The fourth-order valence-electron chi connectivity index (χ4n) is 1.25. The first-order chi connectivity index (χ1) is 5.56. The van der Waals surface area contributed by atoms with Crippen molar-refractivity contribution in [2.45, 2.75) is 33.6 Å². The van der Waals surface area contributed by atoms with Gasteiger partial charge in [-0.1, -0.05) is 20.8 Å². The second kappa shape index (κ2) is 5.55. The van der Waals surface area contributed by atoms with Gasteiger partial charge >= 0.3 is 0 Å². The minimum Gasteiger partial charge on any atom is -0.385 e. The SMILES string of the molecule is COCCCC(C)(CN)C(C)C. The molecule has 0 aromatic heterocycles. The second-order valence-electron chi connectivity index (χ2n) is 4.11. The lowest BCUT2D eigenvalue weighted by Gasteiger charge is -2.32. The van der Waals surface area contributed by atoms with Crippen molar-refractivity contribution in [1.29, 1.82) is 0 Å². The van der Waals surface area contributed by atoms with Gasteiger partial charge < -0.3 is 10.5 Å². The molecule has 1 atom stereocenters. The highest BCUT2D eigenvalue weighted by molar-refractivity contribution is 4.78. The van der Waals surface area contributed by atoms with Gasteiger partial charge in [-0.2, -0.15) is 0 Å². The van der Waals surface area contributed by atoms with Gasteiger partial charge in [-0.05, 0) is 30.7 Å². The van der Waals surface area contributed by atoms with Gasteiger partial charge in [0.15, 0.2) is 0 Å². The second-order valence-corrected chi connectivity index (χ2v) is 4.11. The Labute approximate surface area is 76.5 Å². The van der Waals surface area contributed by atoms with E-state index >= 15 is 0 Å². The van der Waals surface area contributed by atoms with Crippen molar-refractivity contribution in [1.82, 2.24) is 0 Å². The third-order valence-electron chi connectivity index (χ3n) is 2.96. The molecule has 0 aliphatic carbocycles. The highest BCUT2D eigenvalue weighted by Gasteiger charge is 2.25. The fourth-order valence-corrected chi connectivity index (χ4v) is 1.25. The summed E-state index contributed by atoms with van der Waals surface area (Å²) < 4.78 is 5.02. The molecule has 2 heteroatoms. The van der Waals surface area contributed by atoms with Gasteiger partial charge in [-0.25, -0.2) is 0 Å². The van der Waals surface area contributed by atoms with Crippen LogP contribution in [0.25, 0.3) is 0 Å². The molecule has 0 saturated heterocycles. The molecule has 0 aromatic rings. The molecule has 2 nitrogen and oxygen atoms in total. The highest BCUT2D eigenvalue weighted by atomic mass is 16.5. The molecule has 0 aliphatic rings. The van der Waals surface area contributed by atoms with Crippen molar-refractivity contribution < 1.29 is 4.74 Å². The normalized spacial score (nSPS) is 16.5. The van der Waals surface area contributed by atoms with E-state index in [2.05, 4.69) is 20.8 Å². The summed E-state index contributed by atoms with van der Waals surface area (Å²) in [7, 11) is 1.75. The predicted molar refractivity (Wildman–Crippen MR) is 53.1 cm³/mol. The maximum absolute atomic E-state index is 5.75. The van der Waals surface area contributed by atoms with Gasteiger partial charge in [0.05, 0.1) is 0 Å². The number of methoxy groups -OCH3 is 1. The van der Waals surface area contributed by atoms with Gasteiger partial charge in [-0.3, -0.25) is 0 Å². The third-order valence-corrected chi connectivity index (χ3v) is 2.96. The molecule has 12 heavy (non-hydrogen) atoms. The molecule has 0 saturated carbocycles. The topological polar surface area (TPSA) is 35.2 Å². The van der Waals surface area contributed by atoms with Crippen LogP contribution in [0.4, 0.5) is 0 Å². The Morgan fingerprint density at radius 1 is 1.42 bits per heavy atom. The predicted octanol–water partition coefficient (Wildman–Crippen LogP) is 2.03. The van der Waals surface area contributed by atoms with Crippen LogP contribution in [0.1, 0.15) is 33.6 Å². The van der Waals surface area contributed by atoms with Crippen molar-refractivity contribution in [3.05, 3.63) is 0 Å². The molecule has 0 heterocycles. The van der Waals surface area contributed by atoms with E-state index in [1.165, 1.54) is 0 Å². The zero-order valence-electron chi connectivity index (χ0n) is 8.89. The molecule has 0 aromatic carbocycles. The van der Waals surface area contributed by atoms with E-state index < -0.39 is 0 Å². The first kappa shape index (κ1) is 11.9. The zero-order chi connectivity index (χ0) is 9.61. The number of hydrogen-bond donors (Lipinski definition) is 1. The van der Waals surface area contributed by atoms with Crippen molar-refractivity contribution in [2.75, 3.05) is 20.3 Å². The monoisotopic (exact) mass is 173 g/mol. The molecule has 0 bridgehead atoms. The zero-order valence-corrected chi connectivity index (χ0v) is 8.89. The Morgan fingerprint density at radius 2 is 2.00 bits per heavy atom. The lowest BCUT2D eigenvalue weighted by molar-refractivity contribution is 0.149. The van der Waals surface area contributed by atoms with Gasteiger partial charge in [0, 0.05) is 13.7 Å². The van der Waals surface area contributed by atoms with E-state index in [1.807, 2.05) is 0 Å². The van der Waals surface area contributed by atoms with Crippen LogP contribution in [0.5, 0.6) is 0 Å². The summed E-state index contributed by atoms with van der Waals surface area (Å²) in [6.45, 7) is 8.35. The van der Waals surface area contributed by atoms with Crippen molar-refractivity contribution in [3.63, 3.8) is 0 Å². The molecular weight excluding hydrogens is 150 g/mol.